The van der Waals surface area contributed by atoms with Gasteiger partial charge in [-0.3, -0.25) is 14.5 Å². The number of amides is 2. The molecule has 1 aliphatic heterocycles. The summed E-state index contributed by atoms with van der Waals surface area (Å²) in [6, 6.07) is 12.4. The number of carbonyl (C=O) groups excluding carboxylic acids is 2. The van der Waals surface area contributed by atoms with Gasteiger partial charge >= 0.3 is 0 Å². The largest absolute Gasteiger partial charge is 0.493 e. The molecule has 0 spiro atoms. The van der Waals surface area contributed by atoms with Crippen LogP contribution < -0.4 is 19.7 Å². The van der Waals surface area contributed by atoms with Gasteiger partial charge in [0.2, 0.25) is 5.91 Å². The molecule has 3 rings (SSSR count). The van der Waals surface area contributed by atoms with Gasteiger partial charge in [0.25, 0.3) is 5.91 Å². The molecule has 0 radical (unpaired) electrons. The number of likely N-dealkylation sites (N-methyl/N-ethyl adjacent to an activating group) is 1. The summed E-state index contributed by atoms with van der Waals surface area (Å²) in [5.41, 5.74) is 2.55. The van der Waals surface area contributed by atoms with Crippen molar-refractivity contribution >= 4 is 23.6 Å². The number of hydrogen-bond donors (Lipinski definition) is 1. The van der Waals surface area contributed by atoms with E-state index in [1.54, 1.807) is 44.4 Å². The Hall–Kier alpha value is -3.28. The smallest absolute Gasteiger partial charge is 0.251 e. The van der Waals surface area contributed by atoms with Crippen LogP contribution in [0.2, 0.25) is 0 Å². The summed E-state index contributed by atoms with van der Waals surface area (Å²) in [7, 11) is 4.71. The van der Waals surface area contributed by atoms with Crippen molar-refractivity contribution in [1.82, 2.24) is 5.32 Å². The monoisotopic (exact) mass is 366 g/mol. The molecule has 0 aliphatic carbocycles. The third-order valence-corrected chi connectivity index (χ3v) is 4.59. The maximum Gasteiger partial charge on any atom is 0.251 e. The average Bonchev–Trinajstić information content (AvgIpc) is 3.10. The van der Waals surface area contributed by atoms with Crippen molar-refractivity contribution in [2.24, 2.45) is 0 Å². The zero-order chi connectivity index (χ0) is 19.4. The van der Waals surface area contributed by atoms with Crippen LogP contribution >= 0.6 is 0 Å². The fourth-order valence-corrected chi connectivity index (χ4v) is 3.24. The van der Waals surface area contributed by atoms with Crippen LogP contribution in [-0.4, -0.2) is 39.1 Å². The summed E-state index contributed by atoms with van der Waals surface area (Å²) in [6.07, 6.45) is 3.68. The van der Waals surface area contributed by atoms with E-state index < -0.39 is 6.04 Å². The highest BCUT2D eigenvalue weighted by Crippen LogP contribution is 2.33. The molecule has 1 atom stereocenters. The van der Waals surface area contributed by atoms with E-state index in [1.165, 1.54) is 6.08 Å². The Bertz CT molecular complexity index is 892. The van der Waals surface area contributed by atoms with Crippen LogP contribution in [-0.2, 0) is 16.0 Å². The SMILES string of the molecule is CNC(=O)[C@H]1Cc2ccccc2N1C(=O)/C=C\c1ccc(OC)c(OC)c1. The molecule has 0 bridgehead atoms. The third-order valence-electron chi connectivity index (χ3n) is 4.59. The summed E-state index contributed by atoms with van der Waals surface area (Å²) in [4.78, 5) is 26.7. The summed E-state index contributed by atoms with van der Waals surface area (Å²) in [5, 5.41) is 2.64. The zero-order valence-corrected chi connectivity index (χ0v) is 15.6. The number of anilines is 1. The Morgan fingerprint density at radius 3 is 2.56 bits per heavy atom. The predicted octanol–water partition coefficient (Wildman–Crippen LogP) is 2.42. The van der Waals surface area contributed by atoms with Crippen molar-refractivity contribution in [3.05, 3.63) is 59.7 Å². The number of nitrogens with one attached hydrogen (secondary N) is 1. The molecule has 2 aromatic carbocycles. The topological polar surface area (TPSA) is 67.9 Å². The van der Waals surface area contributed by atoms with Gasteiger partial charge in [0.15, 0.2) is 11.5 Å². The molecule has 0 saturated heterocycles. The van der Waals surface area contributed by atoms with Crippen LogP contribution in [0.5, 0.6) is 11.5 Å². The van der Waals surface area contributed by atoms with Crippen LogP contribution in [0.25, 0.3) is 6.08 Å². The number of para-hydroxylation sites is 1. The number of methoxy groups -OCH3 is 2. The highest BCUT2D eigenvalue weighted by molar-refractivity contribution is 6.09. The van der Waals surface area contributed by atoms with Crippen LogP contribution in [0.4, 0.5) is 5.69 Å². The van der Waals surface area contributed by atoms with Gasteiger partial charge in [-0.05, 0) is 35.4 Å². The minimum absolute atomic E-state index is 0.181. The second kappa shape index (κ2) is 7.95. The lowest BCUT2D eigenvalue weighted by molar-refractivity contribution is -0.124. The van der Waals surface area contributed by atoms with E-state index in [0.29, 0.717) is 17.9 Å². The molecule has 140 valence electrons. The Morgan fingerprint density at radius 2 is 1.85 bits per heavy atom. The number of rotatable bonds is 5. The molecule has 1 aliphatic rings. The average molecular weight is 366 g/mol. The van der Waals surface area contributed by atoms with Crippen LogP contribution in [0.1, 0.15) is 11.1 Å². The van der Waals surface area contributed by atoms with Gasteiger partial charge in [-0.2, -0.15) is 0 Å². The lowest BCUT2D eigenvalue weighted by atomic mass is 10.1. The highest BCUT2D eigenvalue weighted by atomic mass is 16.5. The molecule has 6 heteroatoms. The Kier molecular flexibility index (Phi) is 5.45. The Balaban J connectivity index is 1.87. The van der Waals surface area contributed by atoms with Crippen LogP contribution in [0.15, 0.2) is 48.5 Å². The molecular weight excluding hydrogens is 344 g/mol. The van der Waals surface area contributed by atoms with Crippen molar-refractivity contribution < 1.29 is 19.1 Å². The van der Waals surface area contributed by atoms with Gasteiger partial charge in [0, 0.05) is 25.2 Å². The molecular formula is C21H22N2O4. The first-order valence-electron chi connectivity index (χ1n) is 8.61. The first kappa shape index (κ1) is 18.5. The van der Waals surface area contributed by atoms with Crippen LogP contribution in [0.3, 0.4) is 0 Å². The quantitative estimate of drug-likeness (QED) is 0.826. The lowest BCUT2D eigenvalue weighted by Crippen LogP contribution is -2.46. The second-order valence-electron chi connectivity index (χ2n) is 6.12. The van der Waals surface area contributed by atoms with E-state index in [1.807, 2.05) is 30.3 Å². The number of carbonyl (C=O) groups is 2. The van der Waals surface area contributed by atoms with Gasteiger partial charge in [-0.1, -0.05) is 24.3 Å². The van der Waals surface area contributed by atoms with E-state index in [-0.39, 0.29) is 11.8 Å². The van der Waals surface area contributed by atoms with Crippen LogP contribution in [0, 0.1) is 0 Å². The Morgan fingerprint density at radius 1 is 1.11 bits per heavy atom. The van der Waals surface area contributed by atoms with E-state index in [4.69, 9.17) is 9.47 Å². The minimum atomic E-state index is -0.546. The molecule has 6 nitrogen and oxygen atoms in total. The molecule has 1 heterocycles. The predicted molar refractivity (Wildman–Crippen MR) is 104 cm³/mol. The van der Waals surface area contributed by atoms with E-state index >= 15 is 0 Å². The number of fused-ring (bicyclic) bond motifs is 1. The van der Waals surface area contributed by atoms with Crippen molar-refractivity contribution in [2.45, 2.75) is 12.5 Å². The molecule has 2 aromatic rings. The third kappa shape index (κ3) is 3.65. The number of hydrogen-bond acceptors (Lipinski definition) is 4. The molecule has 0 fully saturated rings. The van der Waals surface area contributed by atoms with Gasteiger partial charge in [-0.15, -0.1) is 0 Å². The van der Waals surface area contributed by atoms with E-state index in [9.17, 15) is 9.59 Å². The minimum Gasteiger partial charge on any atom is -0.493 e. The number of ether oxygens (including phenoxy) is 2. The summed E-state index contributed by atoms with van der Waals surface area (Å²) in [5.74, 6) is 0.776. The highest BCUT2D eigenvalue weighted by Gasteiger charge is 2.36. The summed E-state index contributed by atoms with van der Waals surface area (Å²) >= 11 is 0. The first-order chi connectivity index (χ1) is 13.1. The number of nitrogens with zero attached hydrogens (tertiary/aromatic N) is 1. The van der Waals surface area contributed by atoms with Gasteiger partial charge in [0.1, 0.15) is 6.04 Å². The standard InChI is InChI=1S/C21H22N2O4/c1-22-21(25)17-13-15-6-4-5-7-16(15)23(17)20(24)11-9-14-8-10-18(26-2)19(12-14)27-3/h4-12,17H,13H2,1-3H3,(H,22,25)/b11-9-/t17-/m1/s1. The fourth-order valence-electron chi connectivity index (χ4n) is 3.24. The maximum atomic E-state index is 12.9. The summed E-state index contributed by atoms with van der Waals surface area (Å²) < 4.78 is 10.5. The molecule has 27 heavy (non-hydrogen) atoms. The molecule has 0 aromatic heterocycles. The van der Waals surface area contributed by atoms with Crippen molar-refractivity contribution in [3.8, 4) is 11.5 Å². The Labute approximate surface area is 158 Å². The summed E-state index contributed by atoms with van der Waals surface area (Å²) in [6.45, 7) is 0. The van der Waals surface area contributed by atoms with Gasteiger partial charge < -0.3 is 14.8 Å². The molecule has 0 unspecified atom stereocenters. The maximum absolute atomic E-state index is 12.9. The first-order valence-corrected chi connectivity index (χ1v) is 8.61. The number of benzene rings is 2. The molecule has 1 N–H and O–H groups in total. The van der Waals surface area contributed by atoms with Gasteiger partial charge in [-0.25, -0.2) is 0 Å². The van der Waals surface area contributed by atoms with Crippen molar-refractivity contribution in [1.29, 1.82) is 0 Å². The molecule has 2 amide bonds. The second-order valence-corrected chi connectivity index (χ2v) is 6.12. The molecule has 0 saturated carbocycles. The zero-order valence-electron chi connectivity index (χ0n) is 15.6. The van der Waals surface area contributed by atoms with Crippen molar-refractivity contribution in [2.75, 3.05) is 26.2 Å². The van der Waals surface area contributed by atoms with Gasteiger partial charge in [0.05, 0.1) is 14.2 Å². The van der Waals surface area contributed by atoms with E-state index in [2.05, 4.69) is 5.32 Å². The van der Waals surface area contributed by atoms with E-state index in [0.717, 1.165) is 16.8 Å². The van der Waals surface area contributed by atoms with Crippen molar-refractivity contribution in [3.63, 3.8) is 0 Å². The normalized spacial score (nSPS) is 15.5. The lowest BCUT2D eigenvalue weighted by Gasteiger charge is -2.23. The fraction of sp³-hybridized carbons (Fsp3) is 0.238.